The lowest BCUT2D eigenvalue weighted by molar-refractivity contribution is -0.138. The van der Waals surface area contributed by atoms with Gasteiger partial charge in [0.25, 0.3) is 0 Å². The third kappa shape index (κ3) is 8.23. The number of aliphatic carboxylic acids is 1. The Balaban J connectivity index is 0.00000450. The van der Waals surface area contributed by atoms with Crippen LogP contribution in [0.2, 0.25) is 0 Å². The van der Waals surface area contributed by atoms with Gasteiger partial charge in [-0.05, 0) is 24.5 Å². The van der Waals surface area contributed by atoms with E-state index in [0.717, 1.165) is 11.1 Å². The summed E-state index contributed by atoms with van der Waals surface area (Å²) in [5, 5.41) is 11.4. The fourth-order valence-corrected chi connectivity index (χ4v) is 2.98. The molecule has 0 spiro atoms. The van der Waals surface area contributed by atoms with E-state index in [1.165, 1.54) is 0 Å². The van der Waals surface area contributed by atoms with E-state index in [0.29, 0.717) is 13.1 Å². The summed E-state index contributed by atoms with van der Waals surface area (Å²) in [6.07, 6.45) is -0.291. The molecule has 0 aliphatic heterocycles. The number of carbonyl (C=O) groups excluding carboxylic acids is 2. The molecule has 0 aromatic heterocycles. The normalized spacial score (nSPS) is 12.5. The average molecular weight is 434 g/mol. The first-order valence-electron chi connectivity index (χ1n) is 9.50. The number of primary amides is 1. The first-order valence-corrected chi connectivity index (χ1v) is 9.50. The standard InChI is InChI=1S/C22H27N3O4.ClH/c1-16(22(29)24-19(21(23)28)12-13-20(26)27)25(14-17-8-4-2-5-9-17)15-18-10-6-3-7-11-18;/h2-11,16,19H,12-15H2,1H3,(H2,23,28)(H,24,29)(H,26,27);1H/t16-,19+;/m0./s1. The lowest BCUT2D eigenvalue weighted by Crippen LogP contribution is -2.51. The number of carboxylic acid groups (broad SMARTS) is 1. The number of nitrogens with two attached hydrogens (primary N) is 1. The van der Waals surface area contributed by atoms with Gasteiger partial charge in [0, 0.05) is 19.5 Å². The minimum Gasteiger partial charge on any atom is -0.481 e. The van der Waals surface area contributed by atoms with Crippen LogP contribution in [0, 0.1) is 0 Å². The van der Waals surface area contributed by atoms with E-state index >= 15 is 0 Å². The Morgan fingerprint density at radius 3 is 1.83 bits per heavy atom. The molecule has 2 aromatic carbocycles. The molecule has 4 N–H and O–H groups in total. The molecule has 0 aliphatic rings. The molecule has 0 aliphatic carbocycles. The topological polar surface area (TPSA) is 113 Å². The fraction of sp³-hybridized carbons (Fsp3) is 0.318. The van der Waals surface area contributed by atoms with Crippen LogP contribution in [-0.2, 0) is 27.5 Å². The van der Waals surface area contributed by atoms with Crippen molar-refractivity contribution < 1.29 is 19.5 Å². The van der Waals surface area contributed by atoms with E-state index in [1.54, 1.807) is 6.92 Å². The second-order valence-corrected chi connectivity index (χ2v) is 6.95. The molecule has 2 rings (SSSR count). The SMILES string of the molecule is C[C@@H](C(=O)N[C@H](CCC(=O)O)C(N)=O)N(Cc1ccccc1)Cc1ccccc1.Cl. The number of carboxylic acids is 1. The molecule has 0 bridgehead atoms. The summed E-state index contributed by atoms with van der Waals surface area (Å²) < 4.78 is 0. The molecule has 2 atom stereocenters. The second-order valence-electron chi connectivity index (χ2n) is 6.95. The van der Waals surface area contributed by atoms with Gasteiger partial charge >= 0.3 is 5.97 Å². The Kier molecular flexibility index (Phi) is 10.6. The largest absolute Gasteiger partial charge is 0.481 e. The molecule has 8 heteroatoms. The van der Waals surface area contributed by atoms with Crippen LogP contribution in [0.5, 0.6) is 0 Å². The highest BCUT2D eigenvalue weighted by molar-refractivity contribution is 5.89. The number of nitrogens with one attached hydrogen (secondary N) is 1. The Morgan fingerprint density at radius 1 is 0.967 bits per heavy atom. The zero-order chi connectivity index (χ0) is 21.2. The molecule has 0 saturated carbocycles. The lowest BCUT2D eigenvalue weighted by atomic mass is 10.1. The zero-order valence-electron chi connectivity index (χ0n) is 16.9. The van der Waals surface area contributed by atoms with Gasteiger partial charge in [-0.2, -0.15) is 0 Å². The Bertz CT molecular complexity index is 776. The zero-order valence-corrected chi connectivity index (χ0v) is 17.7. The van der Waals surface area contributed by atoms with E-state index in [2.05, 4.69) is 5.32 Å². The summed E-state index contributed by atoms with van der Waals surface area (Å²) in [5.74, 6) is -2.16. The maximum Gasteiger partial charge on any atom is 0.303 e. The van der Waals surface area contributed by atoms with Crippen molar-refractivity contribution >= 4 is 30.2 Å². The van der Waals surface area contributed by atoms with Crippen LogP contribution in [0.1, 0.15) is 30.9 Å². The van der Waals surface area contributed by atoms with Gasteiger partial charge in [0.15, 0.2) is 0 Å². The highest BCUT2D eigenvalue weighted by atomic mass is 35.5. The highest BCUT2D eigenvalue weighted by Gasteiger charge is 2.26. The van der Waals surface area contributed by atoms with Crippen molar-refractivity contribution in [1.82, 2.24) is 10.2 Å². The van der Waals surface area contributed by atoms with Crippen molar-refractivity contribution in [1.29, 1.82) is 0 Å². The van der Waals surface area contributed by atoms with Crippen molar-refractivity contribution in [2.24, 2.45) is 5.73 Å². The number of carbonyl (C=O) groups is 3. The second kappa shape index (κ2) is 12.6. The van der Waals surface area contributed by atoms with Crippen molar-refractivity contribution in [3.63, 3.8) is 0 Å². The maximum atomic E-state index is 12.8. The third-order valence-electron chi connectivity index (χ3n) is 4.69. The third-order valence-corrected chi connectivity index (χ3v) is 4.69. The van der Waals surface area contributed by atoms with Crippen molar-refractivity contribution in [3.05, 3.63) is 71.8 Å². The summed E-state index contributed by atoms with van der Waals surface area (Å²) in [6.45, 7) is 2.85. The number of hydrogen-bond acceptors (Lipinski definition) is 4. The molecule has 7 nitrogen and oxygen atoms in total. The number of nitrogens with zero attached hydrogens (tertiary/aromatic N) is 1. The van der Waals surface area contributed by atoms with E-state index < -0.39 is 24.0 Å². The molecule has 30 heavy (non-hydrogen) atoms. The summed E-state index contributed by atoms with van der Waals surface area (Å²) in [7, 11) is 0. The fourth-order valence-electron chi connectivity index (χ4n) is 2.98. The summed E-state index contributed by atoms with van der Waals surface area (Å²) in [6, 6.07) is 18.0. The van der Waals surface area contributed by atoms with Gasteiger partial charge in [-0.15, -0.1) is 12.4 Å². The smallest absolute Gasteiger partial charge is 0.303 e. The number of hydrogen-bond donors (Lipinski definition) is 3. The summed E-state index contributed by atoms with van der Waals surface area (Å²) >= 11 is 0. The first-order chi connectivity index (χ1) is 13.9. The highest BCUT2D eigenvalue weighted by Crippen LogP contribution is 2.14. The number of halogens is 1. The maximum absolute atomic E-state index is 12.8. The van der Waals surface area contributed by atoms with Crippen molar-refractivity contribution in [2.75, 3.05) is 0 Å². The molecular formula is C22H28ClN3O4. The first kappa shape index (κ1) is 25.1. The lowest BCUT2D eigenvalue weighted by Gasteiger charge is -2.29. The van der Waals surface area contributed by atoms with E-state index in [4.69, 9.17) is 10.8 Å². The van der Waals surface area contributed by atoms with Gasteiger partial charge in [-0.1, -0.05) is 60.7 Å². The molecule has 0 saturated heterocycles. The quantitative estimate of drug-likeness (QED) is 0.503. The summed E-state index contributed by atoms with van der Waals surface area (Å²) in [4.78, 5) is 37.2. The Labute approximate surface area is 182 Å². The van der Waals surface area contributed by atoms with Crippen LogP contribution in [0.15, 0.2) is 60.7 Å². The molecule has 0 radical (unpaired) electrons. The Hall–Kier alpha value is -2.90. The van der Waals surface area contributed by atoms with Crippen molar-refractivity contribution in [3.8, 4) is 0 Å². The number of rotatable bonds is 11. The van der Waals surface area contributed by atoms with Gasteiger partial charge in [-0.25, -0.2) is 0 Å². The average Bonchev–Trinajstić information content (AvgIpc) is 2.71. The molecule has 162 valence electrons. The van der Waals surface area contributed by atoms with Crippen LogP contribution < -0.4 is 11.1 Å². The van der Waals surface area contributed by atoms with Gasteiger partial charge in [0.05, 0.1) is 6.04 Å². The van der Waals surface area contributed by atoms with Crippen LogP contribution >= 0.6 is 12.4 Å². The minimum atomic E-state index is -1.05. The van der Waals surface area contributed by atoms with Gasteiger partial charge in [0.1, 0.15) is 6.04 Å². The Morgan fingerprint density at radius 2 is 1.43 bits per heavy atom. The molecular weight excluding hydrogens is 406 g/mol. The van der Waals surface area contributed by atoms with E-state index in [1.807, 2.05) is 65.6 Å². The number of benzene rings is 2. The van der Waals surface area contributed by atoms with E-state index in [9.17, 15) is 14.4 Å². The summed E-state index contributed by atoms with van der Waals surface area (Å²) in [5.41, 5.74) is 7.45. The van der Waals surface area contributed by atoms with Crippen LogP contribution in [0.3, 0.4) is 0 Å². The van der Waals surface area contributed by atoms with Crippen LogP contribution in [0.25, 0.3) is 0 Å². The molecule has 0 unspecified atom stereocenters. The number of amides is 2. The van der Waals surface area contributed by atoms with Gasteiger partial charge < -0.3 is 16.2 Å². The molecule has 2 aromatic rings. The molecule has 0 fully saturated rings. The predicted molar refractivity (Wildman–Crippen MR) is 117 cm³/mol. The minimum absolute atomic E-state index is 0. The van der Waals surface area contributed by atoms with Gasteiger partial charge in [0.2, 0.25) is 11.8 Å². The monoisotopic (exact) mass is 433 g/mol. The predicted octanol–water partition coefficient (Wildman–Crippen LogP) is 2.33. The van der Waals surface area contributed by atoms with Gasteiger partial charge in [-0.3, -0.25) is 19.3 Å². The van der Waals surface area contributed by atoms with E-state index in [-0.39, 0.29) is 31.2 Å². The molecule has 2 amide bonds. The van der Waals surface area contributed by atoms with Crippen molar-refractivity contribution in [2.45, 2.75) is 44.9 Å². The van der Waals surface area contributed by atoms with Crippen LogP contribution in [-0.4, -0.2) is 39.9 Å². The van der Waals surface area contributed by atoms with Crippen LogP contribution in [0.4, 0.5) is 0 Å². The molecule has 0 heterocycles.